The third kappa shape index (κ3) is 1.76. The molecule has 0 radical (unpaired) electrons. The molecule has 66 valence electrons. The summed E-state index contributed by atoms with van der Waals surface area (Å²) in [5.74, 6) is -0.823. The molecule has 1 rings (SSSR count). The summed E-state index contributed by atoms with van der Waals surface area (Å²) in [5.41, 5.74) is -0.154. The van der Waals surface area contributed by atoms with E-state index in [0.29, 0.717) is 6.41 Å². The second-order valence-electron chi connectivity index (χ2n) is 2.16. The lowest BCUT2D eigenvalue weighted by molar-refractivity contribution is -0.105. The number of benzene rings is 1. The summed E-state index contributed by atoms with van der Waals surface area (Å²) < 4.78 is 13.1. The second kappa shape index (κ2) is 3.87. The Morgan fingerprint density at radius 2 is 2.31 bits per heavy atom. The average Bonchev–Trinajstić information content (AvgIpc) is 2.12. The van der Waals surface area contributed by atoms with Crippen LogP contribution in [0.15, 0.2) is 12.1 Å². The van der Waals surface area contributed by atoms with Crippen LogP contribution >= 0.6 is 11.6 Å². The van der Waals surface area contributed by atoms with Crippen molar-refractivity contribution in [2.45, 2.75) is 0 Å². The van der Waals surface area contributed by atoms with Crippen LogP contribution in [0.5, 0.6) is 0 Å². The van der Waals surface area contributed by atoms with Gasteiger partial charge in [0.15, 0.2) is 5.82 Å². The molecule has 5 heteroatoms. The number of nitrogens with one attached hydrogen (secondary N) is 1. The van der Waals surface area contributed by atoms with Crippen molar-refractivity contribution in [3.63, 3.8) is 0 Å². The number of rotatable bonds is 2. The second-order valence-corrected chi connectivity index (χ2v) is 2.57. The third-order valence-electron chi connectivity index (χ3n) is 1.42. The van der Waals surface area contributed by atoms with E-state index in [4.69, 9.17) is 16.9 Å². The van der Waals surface area contributed by atoms with Gasteiger partial charge in [-0.1, -0.05) is 11.6 Å². The molecule has 0 atom stereocenters. The van der Waals surface area contributed by atoms with E-state index in [1.807, 2.05) is 0 Å². The minimum atomic E-state index is -0.823. The molecular formula is C8H4ClFN2O. The van der Waals surface area contributed by atoms with Crippen LogP contribution in [0.1, 0.15) is 5.56 Å². The molecule has 0 aliphatic heterocycles. The van der Waals surface area contributed by atoms with Gasteiger partial charge in [0, 0.05) is 0 Å². The minimum Gasteiger partial charge on any atom is -0.327 e. The predicted molar refractivity (Wildman–Crippen MR) is 45.8 cm³/mol. The number of carbonyl (C=O) groups is 1. The highest BCUT2D eigenvalue weighted by Gasteiger charge is 2.10. The van der Waals surface area contributed by atoms with Crippen LogP contribution < -0.4 is 5.32 Å². The Bertz CT molecular complexity index is 386. The van der Waals surface area contributed by atoms with Crippen molar-refractivity contribution in [2.75, 3.05) is 5.32 Å². The third-order valence-corrected chi connectivity index (χ3v) is 1.71. The fourth-order valence-corrected chi connectivity index (χ4v) is 1.00. The highest BCUT2D eigenvalue weighted by molar-refractivity contribution is 6.31. The van der Waals surface area contributed by atoms with Crippen LogP contribution in [-0.2, 0) is 4.79 Å². The summed E-state index contributed by atoms with van der Waals surface area (Å²) in [6.07, 6.45) is 0.365. The summed E-state index contributed by atoms with van der Waals surface area (Å²) in [4.78, 5) is 10.1. The maximum atomic E-state index is 13.1. The summed E-state index contributed by atoms with van der Waals surface area (Å²) in [6, 6.07) is 4.24. The number of hydrogen-bond donors (Lipinski definition) is 1. The van der Waals surface area contributed by atoms with Gasteiger partial charge in [-0.05, 0) is 12.1 Å². The molecule has 0 saturated carbocycles. The first kappa shape index (κ1) is 9.49. The van der Waals surface area contributed by atoms with Crippen LogP contribution in [0, 0.1) is 17.1 Å². The average molecular weight is 199 g/mol. The van der Waals surface area contributed by atoms with Crippen LogP contribution in [0.2, 0.25) is 5.02 Å². The lowest BCUT2D eigenvalue weighted by Gasteiger charge is -2.03. The van der Waals surface area contributed by atoms with Gasteiger partial charge >= 0.3 is 0 Å². The van der Waals surface area contributed by atoms with Gasteiger partial charge in [-0.15, -0.1) is 0 Å². The van der Waals surface area contributed by atoms with Crippen LogP contribution in [0.4, 0.5) is 10.1 Å². The first-order valence-electron chi connectivity index (χ1n) is 3.29. The molecule has 3 nitrogen and oxygen atoms in total. The maximum absolute atomic E-state index is 13.1. The van der Waals surface area contributed by atoms with Crippen molar-refractivity contribution >= 4 is 23.7 Å². The Morgan fingerprint density at radius 1 is 1.62 bits per heavy atom. The van der Waals surface area contributed by atoms with Gasteiger partial charge in [-0.25, -0.2) is 4.39 Å². The first-order chi connectivity index (χ1) is 6.20. The number of carbonyl (C=O) groups excluding carboxylic acids is 1. The highest BCUT2D eigenvalue weighted by Crippen LogP contribution is 2.24. The maximum Gasteiger partial charge on any atom is 0.211 e. The van der Waals surface area contributed by atoms with Crippen LogP contribution in [0.25, 0.3) is 0 Å². The number of anilines is 1. The van der Waals surface area contributed by atoms with Gasteiger partial charge in [0.1, 0.15) is 11.6 Å². The monoisotopic (exact) mass is 198 g/mol. The molecule has 0 heterocycles. The number of amides is 1. The standard InChI is InChI=1S/C8H4ClFN2O/c9-6-1-2-7(12-4-13)5(3-11)8(6)10/h1-2,4H,(H,12,13). The number of hydrogen-bond acceptors (Lipinski definition) is 2. The predicted octanol–water partition coefficient (Wildman–Crippen LogP) is 1.92. The quantitative estimate of drug-likeness (QED) is 0.739. The fourth-order valence-electron chi connectivity index (χ4n) is 0.844. The molecule has 0 aliphatic carbocycles. The highest BCUT2D eigenvalue weighted by atomic mass is 35.5. The van der Waals surface area contributed by atoms with Gasteiger partial charge in [0.25, 0.3) is 0 Å². The van der Waals surface area contributed by atoms with E-state index in [1.54, 1.807) is 6.07 Å². The molecule has 0 fully saturated rings. The summed E-state index contributed by atoms with van der Waals surface area (Å²) in [7, 11) is 0. The Kier molecular flexibility index (Phi) is 2.83. The van der Waals surface area contributed by atoms with Gasteiger partial charge in [0.2, 0.25) is 6.41 Å². The SMILES string of the molecule is N#Cc1c(NC=O)ccc(Cl)c1F. The normalized spacial score (nSPS) is 9.00. The summed E-state index contributed by atoms with van der Waals surface area (Å²) in [6.45, 7) is 0. The van der Waals surface area contributed by atoms with E-state index >= 15 is 0 Å². The van der Waals surface area contributed by atoms with Crippen molar-refractivity contribution in [3.8, 4) is 6.07 Å². The van der Waals surface area contributed by atoms with E-state index in [9.17, 15) is 9.18 Å². The smallest absolute Gasteiger partial charge is 0.211 e. The molecule has 13 heavy (non-hydrogen) atoms. The van der Waals surface area contributed by atoms with Crippen LogP contribution in [0.3, 0.4) is 0 Å². The van der Waals surface area contributed by atoms with Crippen molar-refractivity contribution in [1.29, 1.82) is 5.26 Å². The van der Waals surface area contributed by atoms with E-state index in [2.05, 4.69) is 5.32 Å². The lowest BCUT2D eigenvalue weighted by Crippen LogP contribution is -1.99. The zero-order valence-corrected chi connectivity index (χ0v) is 7.10. The summed E-state index contributed by atoms with van der Waals surface area (Å²) in [5, 5.41) is 10.6. The van der Waals surface area contributed by atoms with Gasteiger partial charge < -0.3 is 5.32 Å². The van der Waals surface area contributed by atoms with E-state index in [0.717, 1.165) is 0 Å². The Hall–Kier alpha value is -1.60. The molecule has 1 N–H and O–H groups in total. The van der Waals surface area contributed by atoms with E-state index in [1.165, 1.54) is 12.1 Å². The lowest BCUT2D eigenvalue weighted by atomic mass is 10.2. The first-order valence-corrected chi connectivity index (χ1v) is 3.66. The number of nitrogens with zero attached hydrogens (tertiary/aromatic N) is 1. The summed E-state index contributed by atoms with van der Waals surface area (Å²) >= 11 is 5.42. The fraction of sp³-hybridized carbons (Fsp3) is 0. The molecule has 1 aromatic carbocycles. The van der Waals surface area contributed by atoms with Gasteiger partial charge in [-0.2, -0.15) is 5.26 Å². The number of halogens is 2. The Labute approximate surface area is 78.7 Å². The zero-order chi connectivity index (χ0) is 9.84. The van der Waals surface area contributed by atoms with Gasteiger partial charge in [-0.3, -0.25) is 4.79 Å². The largest absolute Gasteiger partial charge is 0.327 e. The molecule has 1 amide bonds. The number of nitriles is 1. The molecule has 0 saturated heterocycles. The Balaban J connectivity index is 3.31. The molecule has 0 bridgehead atoms. The topological polar surface area (TPSA) is 52.9 Å². The molecule has 0 unspecified atom stereocenters. The molecule has 0 spiro atoms. The molecule has 1 aromatic rings. The van der Waals surface area contributed by atoms with Crippen molar-refractivity contribution in [1.82, 2.24) is 0 Å². The van der Waals surface area contributed by atoms with Crippen LogP contribution in [-0.4, -0.2) is 6.41 Å². The minimum absolute atomic E-state index is 0.111. The molecular weight excluding hydrogens is 195 g/mol. The van der Waals surface area contributed by atoms with Gasteiger partial charge in [0.05, 0.1) is 10.7 Å². The Morgan fingerprint density at radius 3 is 2.85 bits per heavy atom. The van der Waals surface area contributed by atoms with E-state index < -0.39 is 5.82 Å². The van der Waals surface area contributed by atoms with Crippen molar-refractivity contribution in [2.24, 2.45) is 0 Å². The zero-order valence-electron chi connectivity index (χ0n) is 6.34. The van der Waals surface area contributed by atoms with E-state index in [-0.39, 0.29) is 16.3 Å². The molecule has 0 aromatic heterocycles. The van der Waals surface area contributed by atoms with Crippen molar-refractivity contribution in [3.05, 3.63) is 28.5 Å². The molecule has 0 aliphatic rings. The van der Waals surface area contributed by atoms with Crippen molar-refractivity contribution < 1.29 is 9.18 Å².